The van der Waals surface area contributed by atoms with E-state index in [9.17, 15) is 13.5 Å². The molecule has 3 rings (SSSR count). The lowest BCUT2D eigenvalue weighted by molar-refractivity contribution is 0.153. The van der Waals surface area contributed by atoms with Crippen molar-refractivity contribution >= 4 is 15.8 Å². The second kappa shape index (κ2) is 5.75. The SMILES string of the molecule is Cc1cc(N2CCC[C@@H](O)C2)nc(C2CN(S(C)(=O)=O)C2)n1. The number of anilines is 1. The average Bonchev–Trinajstić information content (AvgIpc) is 2.34. The van der Waals surface area contributed by atoms with Crippen LogP contribution in [0.2, 0.25) is 0 Å². The molecule has 0 unspecified atom stereocenters. The van der Waals surface area contributed by atoms with Crippen LogP contribution in [0.5, 0.6) is 0 Å². The van der Waals surface area contributed by atoms with Crippen molar-refractivity contribution in [2.45, 2.75) is 31.8 Å². The van der Waals surface area contributed by atoms with Crippen LogP contribution in [-0.4, -0.2) is 66.3 Å². The Morgan fingerprint density at radius 1 is 1.27 bits per heavy atom. The van der Waals surface area contributed by atoms with Gasteiger partial charge < -0.3 is 10.0 Å². The van der Waals surface area contributed by atoms with Crippen LogP contribution in [0.4, 0.5) is 5.82 Å². The number of sulfonamides is 1. The summed E-state index contributed by atoms with van der Waals surface area (Å²) in [5.41, 5.74) is 0.873. The van der Waals surface area contributed by atoms with Crippen LogP contribution in [0, 0.1) is 6.92 Å². The van der Waals surface area contributed by atoms with Gasteiger partial charge >= 0.3 is 0 Å². The van der Waals surface area contributed by atoms with Gasteiger partial charge in [-0.2, -0.15) is 0 Å². The summed E-state index contributed by atoms with van der Waals surface area (Å²) >= 11 is 0. The fraction of sp³-hybridized carbons (Fsp3) is 0.714. The highest BCUT2D eigenvalue weighted by Crippen LogP contribution is 2.28. The average molecular weight is 326 g/mol. The Labute approximate surface area is 131 Å². The zero-order chi connectivity index (χ0) is 15.9. The van der Waals surface area contributed by atoms with Gasteiger partial charge in [0.1, 0.15) is 11.6 Å². The summed E-state index contributed by atoms with van der Waals surface area (Å²) < 4.78 is 24.4. The zero-order valence-electron chi connectivity index (χ0n) is 12.9. The smallest absolute Gasteiger partial charge is 0.211 e. The summed E-state index contributed by atoms with van der Waals surface area (Å²) in [5.74, 6) is 1.59. The van der Waals surface area contributed by atoms with Crippen molar-refractivity contribution in [3.8, 4) is 0 Å². The fourth-order valence-electron chi connectivity index (χ4n) is 2.95. The lowest BCUT2D eigenvalue weighted by atomic mass is 10.0. The van der Waals surface area contributed by atoms with Gasteiger partial charge in [0, 0.05) is 43.9 Å². The zero-order valence-corrected chi connectivity index (χ0v) is 13.8. The van der Waals surface area contributed by atoms with Gasteiger partial charge in [-0.15, -0.1) is 0 Å². The fourth-order valence-corrected chi connectivity index (χ4v) is 3.86. The molecule has 0 bridgehead atoms. The van der Waals surface area contributed by atoms with Crippen molar-refractivity contribution in [3.63, 3.8) is 0 Å². The Morgan fingerprint density at radius 2 is 2.00 bits per heavy atom. The third-order valence-corrected chi connectivity index (χ3v) is 5.50. The van der Waals surface area contributed by atoms with Crippen molar-refractivity contribution < 1.29 is 13.5 Å². The Morgan fingerprint density at radius 3 is 2.64 bits per heavy atom. The summed E-state index contributed by atoms with van der Waals surface area (Å²) in [4.78, 5) is 11.2. The second-order valence-corrected chi connectivity index (χ2v) is 8.23. The first kappa shape index (κ1) is 15.6. The molecule has 1 aromatic heterocycles. The maximum atomic E-state index is 11.5. The van der Waals surface area contributed by atoms with Crippen molar-refractivity contribution in [1.29, 1.82) is 0 Å². The third-order valence-electron chi connectivity index (χ3n) is 4.26. The molecule has 0 saturated carbocycles. The van der Waals surface area contributed by atoms with Gasteiger partial charge in [-0.1, -0.05) is 0 Å². The molecule has 7 nitrogen and oxygen atoms in total. The van der Waals surface area contributed by atoms with Gasteiger partial charge in [-0.3, -0.25) is 0 Å². The molecule has 1 atom stereocenters. The van der Waals surface area contributed by atoms with E-state index in [1.54, 1.807) is 0 Å². The Kier molecular flexibility index (Phi) is 4.09. The number of rotatable bonds is 3. The summed E-state index contributed by atoms with van der Waals surface area (Å²) in [5, 5.41) is 9.81. The molecule has 0 radical (unpaired) electrons. The molecule has 2 aliphatic heterocycles. The number of β-amino-alcohol motifs (C(OH)–C–C–N with tert-alkyl or cyclic N) is 1. The van der Waals surface area contributed by atoms with E-state index in [0.717, 1.165) is 30.9 Å². The molecule has 2 fully saturated rings. The minimum absolute atomic E-state index is 0.0584. The molecule has 2 saturated heterocycles. The molecule has 8 heteroatoms. The van der Waals surface area contributed by atoms with E-state index in [4.69, 9.17) is 0 Å². The highest BCUT2D eigenvalue weighted by atomic mass is 32.2. The van der Waals surface area contributed by atoms with Gasteiger partial charge in [0.2, 0.25) is 10.0 Å². The van der Waals surface area contributed by atoms with Crippen molar-refractivity contribution in [2.24, 2.45) is 0 Å². The van der Waals surface area contributed by atoms with E-state index in [-0.39, 0.29) is 12.0 Å². The number of hydrogen-bond donors (Lipinski definition) is 1. The van der Waals surface area contributed by atoms with Crippen LogP contribution in [0.1, 0.15) is 30.3 Å². The van der Waals surface area contributed by atoms with Crippen LogP contribution in [0.15, 0.2) is 6.07 Å². The van der Waals surface area contributed by atoms with E-state index >= 15 is 0 Å². The number of hydrogen-bond acceptors (Lipinski definition) is 6. The first-order valence-electron chi connectivity index (χ1n) is 7.56. The van der Waals surface area contributed by atoms with Crippen LogP contribution in [0.25, 0.3) is 0 Å². The molecular formula is C14H22N4O3S. The molecule has 22 heavy (non-hydrogen) atoms. The normalized spacial score (nSPS) is 24.3. The first-order valence-corrected chi connectivity index (χ1v) is 9.41. The van der Waals surface area contributed by atoms with Crippen LogP contribution >= 0.6 is 0 Å². The van der Waals surface area contributed by atoms with E-state index in [2.05, 4.69) is 14.9 Å². The first-order chi connectivity index (χ1) is 10.3. The lowest BCUT2D eigenvalue weighted by Gasteiger charge is -2.37. The molecule has 0 spiro atoms. The molecule has 1 N–H and O–H groups in total. The maximum absolute atomic E-state index is 11.5. The highest BCUT2D eigenvalue weighted by Gasteiger charge is 2.36. The van der Waals surface area contributed by atoms with E-state index in [0.29, 0.717) is 25.5 Å². The summed E-state index contributed by atoms with van der Waals surface area (Å²) in [6.45, 7) is 4.29. The van der Waals surface area contributed by atoms with E-state index < -0.39 is 10.0 Å². The van der Waals surface area contributed by atoms with Crippen molar-refractivity contribution in [3.05, 3.63) is 17.6 Å². The number of aliphatic hydroxyl groups excluding tert-OH is 1. The molecular weight excluding hydrogens is 304 g/mol. The quantitative estimate of drug-likeness (QED) is 0.848. The largest absolute Gasteiger partial charge is 0.391 e. The monoisotopic (exact) mass is 326 g/mol. The predicted octanol–water partition coefficient (Wildman–Crippen LogP) is 0.105. The van der Waals surface area contributed by atoms with Gasteiger partial charge in [-0.05, 0) is 19.8 Å². The van der Waals surface area contributed by atoms with Crippen molar-refractivity contribution in [2.75, 3.05) is 37.3 Å². The summed E-state index contributed by atoms with van der Waals surface area (Å²) in [7, 11) is -3.12. The third kappa shape index (κ3) is 3.23. The number of piperidine rings is 1. The van der Waals surface area contributed by atoms with Gasteiger partial charge in [0.25, 0.3) is 0 Å². The molecule has 1 aromatic rings. The maximum Gasteiger partial charge on any atom is 0.211 e. The van der Waals surface area contributed by atoms with Crippen LogP contribution in [0.3, 0.4) is 0 Å². The molecule has 122 valence electrons. The number of aliphatic hydroxyl groups is 1. The molecule has 3 heterocycles. The van der Waals surface area contributed by atoms with Crippen LogP contribution < -0.4 is 4.90 Å². The minimum Gasteiger partial charge on any atom is -0.391 e. The lowest BCUT2D eigenvalue weighted by Crippen LogP contribution is -2.48. The minimum atomic E-state index is -3.12. The summed E-state index contributed by atoms with van der Waals surface area (Å²) in [6, 6.07) is 1.93. The Balaban J connectivity index is 1.77. The molecule has 2 aliphatic rings. The number of nitrogens with zero attached hydrogens (tertiary/aromatic N) is 4. The number of aryl methyl sites for hydroxylation is 1. The van der Waals surface area contributed by atoms with Gasteiger partial charge in [0.05, 0.1) is 12.4 Å². The second-order valence-electron chi connectivity index (χ2n) is 6.24. The number of aromatic nitrogens is 2. The van der Waals surface area contributed by atoms with E-state index in [1.165, 1.54) is 10.6 Å². The highest BCUT2D eigenvalue weighted by molar-refractivity contribution is 7.88. The topological polar surface area (TPSA) is 86.6 Å². The Bertz CT molecular complexity index is 658. The standard InChI is InChI=1S/C14H22N4O3S/c1-10-6-13(17-5-3-4-12(19)9-17)16-14(15-10)11-7-18(8-11)22(2,20)21/h6,11-12,19H,3-5,7-9H2,1-2H3/t12-/m1/s1. The van der Waals surface area contributed by atoms with E-state index in [1.807, 2.05) is 13.0 Å². The van der Waals surface area contributed by atoms with Gasteiger partial charge in [0.15, 0.2) is 0 Å². The molecule has 0 aromatic carbocycles. The summed E-state index contributed by atoms with van der Waals surface area (Å²) in [6.07, 6.45) is 2.70. The Hall–Kier alpha value is -1.25. The van der Waals surface area contributed by atoms with Crippen molar-refractivity contribution in [1.82, 2.24) is 14.3 Å². The molecule has 0 amide bonds. The van der Waals surface area contributed by atoms with Crippen LogP contribution in [-0.2, 0) is 10.0 Å². The van der Waals surface area contributed by atoms with Gasteiger partial charge in [-0.25, -0.2) is 22.7 Å². The predicted molar refractivity (Wildman–Crippen MR) is 83.4 cm³/mol. The molecule has 0 aliphatic carbocycles.